The maximum atomic E-state index is 11.1. The van der Waals surface area contributed by atoms with Crippen molar-refractivity contribution >= 4 is 28.6 Å². The number of rotatable bonds is 3. The van der Waals surface area contributed by atoms with Gasteiger partial charge in [-0.1, -0.05) is 19.1 Å². The van der Waals surface area contributed by atoms with E-state index >= 15 is 0 Å². The van der Waals surface area contributed by atoms with Crippen molar-refractivity contribution in [2.75, 3.05) is 0 Å². The molecule has 0 spiro atoms. The Morgan fingerprint density at radius 2 is 2.20 bits per heavy atom. The van der Waals surface area contributed by atoms with Crippen molar-refractivity contribution in [2.45, 2.75) is 31.6 Å². The predicted molar refractivity (Wildman–Crippen MR) is 67.1 cm³/mol. The lowest BCUT2D eigenvalue weighted by Crippen LogP contribution is -2.19. The number of carboxylic acid groups (broad SMARTS) is 1. The average Bonchev–Trinajstić information content (AvgIpc) is 2.98. The molecule has 1 aromatic carbocycles. The highest BCUT2D eigenvalue weighted by Crippen LogP contribution is 2.48. The number of carbonyl (C=O) groups is 1. The molecule has 2 rings (SSSR count). The fourth-order valence-electron chi connectivity index (χ4n) is 1.88. The van der Waals surface area contributed by atoms with E-state index in [9.17, 15) is 9.90 Å². The summed E-state index contributed by atoms with van der Waals surface area (Å²) in [6.45, 7) is 2.11. The molecule has 0 aliphatic heterocycles. The van der Waals surface area contributed by atoms with Crippen molar-refractivity contribution in [1.82, 2.24) is 0 Å². The SMILES string of the molecule is CCc1ccc(C2(C(=O)O)CC2)cc1I. The van der Waals surface area contributed by atoms with Gasteiger partial charge in [-0.05, 0) is 59.0 Å². The van der Waals surface area contributed by atoms with Crippen molar-refractivity contribution < 1.29 is 9.90 Å². The molecule has 0 aromatic heterocycles. The molecule has 2 nitrogen and oxygen atoms in total. The van der Waals surface area contributed by atoms with E-state index in [2.05, 4.69) is 35.6 Å². The highest BCUT2D eigenvalue weighted by molar-refractivity contribution is 14.1. The summed E-state index contributed by atoms with van der Waals surface area (Å²) in [4.78, 5) is 11.1. The van der Waals surface area contributed by atoms with Crippen molar-refractivity contribution in [3.05, 3.63) is 32.9 Å². The third-order valence-corrected chi connectivity index (χ3v) is 4.15. The van der Waals surface area contributed by atoms with Gasteiger partial charge in [0.1, 0.15) is 0 Å². The fraction of sp³-hybridized carbons (Fsp3) is 0.417. The van der Waals surface area contributed by atoms with Crippen LogP contribution in [0.5, 0.6) is 0 Å². The second kappa shape index (κ2) is 3.77. The summed E-state index contributed by atoms with van der Waals surface area (Å²) in [7, 11) is 0. The van der Waals surface area contributed by atoms with Crippen LogP contribution in [-0.2, 0) is 16.6 Å². The fourth-order valence-corrected chi connectivity index (χ4v) is 2.78. The minimum atomic E-state index is -0.678. The first-order valence-electron chi connectivity index (χ1n) is 5.12. The molecule has 1 fully saturated rings. The van der Waals surface area contributed by atoms with Gasteiger partial charge in [-0.25, -0.2) is 0 Å². The zero-order chi connectivity index (χ0) is 11.1. The monoisotopic (exact) mass is 316 g/mol. The molecular weight excluding hydrogens is 303 g/mol. The predicted octanol–water partition coefficient (Wildman–Crippen LogP) is 2.97. The van der Waals surface area contributed by atoms with Crippen LogP contribution in [0.2, 0.25) is 0 Å². The Bertz CT molecular complexity index is 408. The van der Waals surface area contributed by atoms with E-state index in [4.69, 9.17) is 0 Å². The third kappa shape index (κ3) is 1.77. The van der Waals surface area contributed by atoms with Gasteiger partial charge < -0.3 is 5.11 Å². The summed E-state index contributed by atoms with van der Waals surface area (Å²) in [5.74, 6) is -0.678. The van der Waals surface area contributed by atoms with Gasteiger partial charge in [0.25, 0.3) is 0 Å². The normalized spacial score (nSPS) is 17.5. The molecule has 1 aromatic rings. The third-order valence-electron chi connectivity index (χ3n) is 3.15. The van der Waals surface area contributed by atoms with E-state index in [0.29, 0.717) is 0 Å². The lowest BCUT2D eigenvalue weighted by molar-refractivity contribution is -0.140. The molecular formula is C12H13IO2. The molecule has 0 atom stereocenters. The maximum Gasteiger partial charge on any atom is 0.314 e. The number of hydrogen-bond donors (Lipinski definition) is 1. The van der Waals surface area contributed by atoms with Crippen LogP contribution in [0.1, 0.15) is 30.9 Å². The summed E-state index contributed by atoms with van der Waals surface area (Å²) in [5.41, 5.74) is 1.70. The van der Waals surface area contributed by atoms with Gasteiger partial charge in [0.2, 0.25) is 0 Å². The lowest BCUT2D eigenvalue weighted by Gasteiger charge is -2.12. The van der Waals surface area contributed by atoms with Gasteiger partial charge in [0, 0.05) is 3.57 Å². The number of aryl methyl sites for hydroxylation is 1. The Hall–Kier alpha value is -0.580. The standard InChI is InChI=1S/C12H13IO2/c1-2-8-3-4-9(7-10(8)13)12(5-6-12)11(14)15/h3-4,7H,2,5-6H2,1H3,(H,14,15). The Kier molecular flexibility index (Phi) is 2.75. The minimum Gasteiger partial charge on any atom is -0.481 e. The number of halogens is 1. The molecule has 0 bridgehead atoms. The van der Waals surface area contributed by atoms with Gasteiger partial charge in [-0.2, -0.15) is 0 Å². The molecule has 1 aliphatic carbocycles. The molecule has 1 aliphatic rings. The Morgan fingerprint density at radius 1 is 1.53 bits per heavy atom. The highest BCUT2D eigenvalue weighted by Gasteiger charge is 2.51. The highest BCUT2D eigenvalue weighted by atomic mass is 127. The Balaban J connectivity index is 2.39. The van der Waals surface area contributed by atoms with E-state index in [-0.39, 0.29) is 0 Å². The summed E-state index contributed by atoms with van der Waals surface area (Å²) >= 11 is 2.28. The molecule has 1 N–H and O–H groups in total. The first-order chi connectivity index (χ1) is 7.10. The van der Waals surface area contributed by atoms with Crippen LogP contribution < -0.4 is 0 Å². The van der Waals surface area contributed by atoms with Gasteiger partial charge in [-0.3, -0.25) is 4.79 Å². The zero-order valence-electron chi connectivity index (χ0n) is 8.59. The number of benzene rings is 1. The summed E-state index contributed by atoms with van der Waals surface area (Å²) < 4.78 is 1.18. The lowest BCUT2D eigenvalue weighted by atomic mass is 9.95. The summed E-state index contributed by atoms with van der Waals surface area (Å²) in [5, 5.41) is 9.17. The smallest absolute Gasteiger partial charge is 0.314 e. The van der Waals surface area contributed by atoms with Crippen LogP contribution in [0, 0.1) is 3.57 Å². The first kappa shape index (κ1) is 10.9. The molecule has 0 saturated heterocycles. The van der Waals surface area contributed by atoms with Gasteiger partial charge in [-0.15, -0.1) is 0 Å². The van der Waals surface area contributed by atoms with Crippen LogP contribution in [0.4, 0.5) is 0 Å². The number of aliphatic carboxylic acids is 1. The molecule has 0 radical (unpaired) electrons. The molecule has 0 heterocycles. The van der Waals surface area contributed by atoms with Crippen LogP contribution >= 0.6 is 22.6 Å². The minimum absolute atomic E-state index is 0.563. The molecule has 0 unspecified atom stereocenters. The van der Waals surface area contributed by atoms with Crippen LogP contribution in [0.25, 0.3) is 0 Å². The van der Waals surface area contributed by atoms with E-state index < -0.39 is 11.4 Å². The summed E-state index contributed by atoms with van der Waals surface area (Å²) in [6, 6.07) is 6.06. The van der Waals surface area contributed by atoms with Crippen LogP contribution in [0.15, 0.2) is 18.2 Å². The Morgan fingerprint density at radius 3 is 2.60 bits per heavy atom. The van der Waals surface area contributed by atoms with E-state index in [1.807, 2.05) is 12.1 Å². The van der Waals surface area contributed by atoms with Crippen molar-refractivity contribution in [2.24, 2.45) is 0 Å². The van der Waals surface area contributed by atoms with E-state index in [0.717, 1.165) is 24.8 Å². The molecule has 0 amide bonds. The van der Waals surface area contributed by atoms with Gasteiger partial charge in [0.05, 0.1) is 5.41 Å². The maximum absolute atomic E-state index is 11.1. The van der Waals surface area contributed by atoms with E-state index in [1.165, 1.54) is 9.13 Å². The topological polar surface area (TPSA) is 37.3 Å². The molecule has 80 valence electrons. The van der Waals surface area contributed by atoms with Gasteiger partial charge >= 0.3 is 5.97 Å². The summed E-state index contributed by atoms with van der Waals surface area (Å²) in [6.07, 6.45) is 2.56. The molecule has 1 saturated carbocycles. The largest absolute Gasteiger partial charge is 0.481 e. The Labute approximate surface area is 103 Å². The molecule has 15 heavy (non-hydrogen) atoms. The quantitative estimate of drug-likeness (QED) is 0.871. The van der Waals surface area contributed by atoms with Crippen LogP contribution in [-0.4, -0.2) is 11.1 Å². The second-order valence-corrected chi connectivity index (χ2v) is 5.21. The van der Waals surface area contributed by atoms with E-state index in [1.54, 1.807) is 0 Å². The second-order valence-electron chi connectivity index (χ2n) is 4.05. The first-order valence-corrected chi connectivity index (χ1v) is 6.20. The number of hydrogen-bond acceptors (Lipinski definition) is 1. The van der Waals surface area contributed by atoms with Crippen LogP contribution in [0.3, 0.4) is 0 Å². The zero-order valence-corrected chi connectivity index (χ0v) is 10.7. The molecule has 3 heteroatoms. The number of carboxylic acids is 1. The van der Waals surface area contributed by atoms with Crippen molar-refractivity contribution in [3.63, 3.8) is 0 Å². The average molecular weight is 316 g/mol. The van der Waals surface area contributed by atoms with Crippen molar-refractivity contribution in [1.29, 1.82) is 0 Å². The van der Waals surface area contributed by atoms with Gasteiger partial charge in [0.15, 0.2) is 0 Å². The van der Waals surface area contributed by atoms with Crippen molar-refractivity contribution in [3.8, 4) is 0 Å².